The van der Waals surface area contributed by atoms with Crippen molar-refractivity contribution < 1.29 is 22.4 Å². The molecule has 0 aromatic heterocycles. The van der Waals surface area contributed by atoms with Gasteiger partial charge in [0.05, 0.1) is 4.90 Å². The predicted molar refractivity (Wildman–Crippen MR) is 111 cm³/mol. The predicted octanol–water partition coefficient (Wildman–Crippen LogP) is 3.29. The number of anilines is 2. The monoisotopic (exact) mass is 427 g/mol. The average molecular weight is 427 g/mol. The van der Waals surface area contributed by atoms with Crippen LogP contribution in [0.5, 0.6) is 0 Å². The fourth-order valence-corrected chi connectivity index (χ4v) is 3.71. The maximum absolute atomic E-state index is 14.0. The number of para-hydroxylation sites is 1. The van der Waals surface area contributed by atoms with E-state index in [0.29, 0.717) is 5.69 Å². The van der Waals surface area contributed by atoms with Crippen LogP contribution in [0.15, 0.2) is 71.6 Å². The molecule has 3 aromatic carbocycles. The van der Waals surface area contributed by atoms with Gasteiger partial charge >= 0.3 is 0 Å². The van der Waals surface area contributed by atoms with Crippen molar-refractivity contribution in [1.29, 1.82) is 0 Å². The Balaban J connectivity index is 1.80. The van der Waals surface area contributed by atoms with E-state index in [9.17, 15) is 22.4 Å². The molecular formula is C21H18FN3O4S. The first-order valence-electron chi connectivity index (χ1n) is 8.76. The lowest BCUT2D eigenvalue weighted by atomic mass is 10.1. The van der Waals surface area contributed by atoms with Gasteiger partial charge in [-0.15, -0.1) is 0 Å². The van der Waals surface area contributed by atoms with E-state index in [2.05, 4.69) is 10.0 Å². The Morgan fingerprint density at radius 3 is 2.17 bits per heavy atom. The largest absolute Gasteiger partial charge is 0.366 e. The van der Waals surface area contributed by atoms with Crippen LogP contribution in [0, 0.1) is 12.7 Å². The number of sulfonamides is 1. The number of nitrogens with one attached hydrogen (secondary N) is 2. The summed E-state index contributed by atoms with van der Waals surface area (Å²) in [7, 11) is -3.82. The molecule has 0 saturated heterocycles. The van der Waals surface area contributed by atoms with Crippen LogP contribution < -0.4 is 15.8 Å². The Kier molecular flexibility index (Phi) is 5.84. The molecule has 7 nitrogen and oxygen atoms in total. The van der Waals surface area contributed by atoms with Gasteiger partial charge in [-0.05, 0) is 55.5 Å². The van der Waals surface area contributed by atoms with Crippen LogP contribution in [0.1, 0.15) is 26.3 Å². The SMILES string of the molecule is Cc1c(F)cc(C(N)=O)cc1NC(=O)c1ccc(S(=O)(=O)Nc2ccccc2)cc1. The molecule has 0 aliphatic heterocycles. The van der Waals surface area contributed by atoms with Gasteiger partial charge in [-0.1, -0.05) is 18.2 Å². The second-order valence-corrected chi connectivity index (χ2v) is 8.13. The number of benzene rings is 3. The van der Waals surface area contributed by atoms with E-state index in [1.165, 1.54) is 37.3 Å². The zero-order valence-corrected chi connectivity index (χ0v) is 16.7. The first-order valence-corrected chi connectivity index (χ1v) is 10.2. The summed E-state index contributed by atoms with van der Waals surface area (Å²) < 4.78 is 41.3. The number of carbonyl (C=O) groups is 2. The van der Waals surface area contributed by atoms with Crippen LogP contribution in [0.4, 0.5) is 15.8 Å². The molecule has 0 fully saturated rings. The van der Waals surface area contributed by atoms with Gasteiger partial charge in [-0.25, -0.2) is 12.8 Å². The van der Waals surface area contributed by atoms with Crippen LogP contribution in [0.2, 0.25) is 0 Å². The highest BCUT2D eigenvalue weighted by Crippen LogP contribution is 2.22. The molecule has 0 spiro atoms. The lowest BCUT2D eigenvalue weighted by Crippen LogP contribution is -2.17. The van der Waals surface area contributed by atoms with Gasteiger partial charge in [0.15, 0.2) is 0 Å². The molecule has 4 N–H and O–H groups in total. The minimum atomic E-state index is -3.82. The summed E-state index contributed by atoms with van der Waals surface area (Å²) in [5.41, 5.74) is 5.88. The van der Waals surface area contributed by atoms with Crippen LogP contribution >= 0.6 is 0 Å². The number of primary amides is 1. The summed E-state index contributed by atoms with van der Waals surface area (Å²) in [4.78, 5) is 23.8. The van der Waals surface area contributed by atoms with Gasteiger partial charge in [0.2, 0.25) is 5.91 Å². The summed E-state index contributed by atoms with van der Waals surface area (Å²) in [5, 5.41) is 2.51. The highest BCUT2D eigenvalue weighted by molar-refractivity contribution is 7.92. The van der Waals surface area contributed by atoms with E-state index in [0.717, 1.165) is 6.07 Å². The Morgan fingerprint density at radius 1 is 0.933 bits per heavy atom. The minimum absolute atomic E-state index is 0.0270. The number of nitrogens with two attached hydrogens (primary N) is 1. The number of halogens is 1. The molecule has 0 unspecified atom stereocenters. The third-order valence-corrected chi connectivity index (χ3v) is 5.73. The molecule has 0 bridgehead atoms. The molecule has 0 atom stereocenters. The summed E-state index contributed by atoms with van der Waals surface area (Å²) in [6, 6.07) is 15.9. The van der Waals surface area contributed by atoms with Crippen LogP contribution in [0.3, 0.4) is 0 Å². The number of hydrogen-bond donors (Lipinski definition) is 3. The number of hydrogen-bond acceptors (Lipinski definition) is 4. The molecule has 0 heterocycles. The number of amides is 2. The van der Waals surface area contributed by atoms with E-state index in [1.807, 2.05) is 0 Å². The standard InChI is InChI=1S/C21H18FN3O4S/c1-13-18(22)11-15(20(23)26)12-19(13)24-21(27)14-7-9-17(10-8-14)30(28,29)25-16-5-3-2-4-6-16/h2-12,25H,1H3,(H2,23,26)(H,24,27). The second-order valence-electron chi connectivity index (χ2n) is 6.44. The van der Waals surface area contributed by atoms with Gasteiger partial charge in [-0.3, -0.25) is 14.3 Å². The Hall–Kier alpha value is -3.72. The minimum Gasteiger partial charge on any atom is -0.366 e. The molecule has 0 aliphatic rings. The maximum atomic E-state index is 14.0. The van der Waals surface area contributed by atoms with E-state index in [-0.39, 0.29) is 27.3 Å². The van der Waals surface area contributed by atoms with Crippen molar-refractivity contribution in [2.24, 2.45) is 5.73 Å². The topological polar surface area (TPSA) is 118 Å². The third-order valence-electron chi connectivity index (χ3n) is 4.33. The van der Waals surface area contributed by atoms with E-state index in [4.69, 9.17) is 5.73 Å². The smallest absolute Gasteiger partial charge is 0.261 e. The Labute approximate surface area is 172 Å². The Bertz CT molecular complexity index is 1210. The van der Waals surface area contributed by atoms with Crippen molar-refractivity contribution >= 4 is 33.2 Å². The summed E-state index contributed by atoms with van der Waals surface area (Å²) in [6.07, 6.45) is 0. The maximum Gasteiger partial charge on any atom is 0.261 e. The molecule has 154 valence electrons. The van der Waals surface area contributed by atoms with Gasteiger partial charge < -0.3 is 11.1 Å². The van der Waals surface area contributed by atoms with E-state index >= 15 is 0 Å². The average Bonchev–Trinajstić information content (AvgIpc) is 2.71. The van der Waals surface area contributed by atoms with Crippen molar-refractivity contribution in [3.05, 3.63) is 89.2 Å². The molecule has 9 heteroatoms. The van der Waals surface area contributed by atoms with Gasteiger partial charge in [-0.2, -0.15) is 0 Å². The second kappa shape index (κ2) is 8.34. The normalized spacial score (nSPS) is 11.0. The van der Waals surface area contributed by atoms with E-state index in [1.54, 1.807) is 30.3 Å². The van der Waals surface area contributed by atoms with Crippen molar-refractivity contribution in [2.45, 2.75) is 11.8 Å². The van der Waals surface area contributed by atoms with Crippen molar-refractivity contribution in [2.75, 3.05) is 10.0 Å². The summed E-state index contributed by atoms with van der Waals surface area (Å²) >= 11 is 0. The zero-order valence-electron chi connectivity index (χ0n) is 15.8. The Morgan fingerprint density at radius 2 is 1.57 bits per heavy atom. The first kappa shape index (κ1) is 21.0. The van der Waals surface area contributed by atoms with Crippen LogP contribution in [-0.2, 0) is 10.0 Å². The third kappa shape index (κ3) is 4.64. The molecule has 3 aromatic rings. The van der Waals surface area contributed by atoms with Crippen molar-refractivity contribution in [3.8, 4) is 0 Å². The van der Waals surface area contributed by atoms with Gasteiger partial charge in [0, 0.05) is 28.1 Å². The lowest BCUT2D eigenvalue weighted by molar-refractivity contribution is 0.0995. The number of carbonyl (C=O) groups excluding carboxylic acids is 2. The van der Waals surface area contributed by atoms with Crippen LogP contribution in [-0.4, -0.2) is 20.2 Å². The molecule has 0 aliphatic carbocycles. The highest BCUT2D eigenvalue weighted by atomic mass is 32.2. The summed E-state index contributed by atoms with van der Waals surface area (Å²) in [5.74, 6) is -2.11. The van der Waals surface area contributed by atoms with E-state index < -0.39 is 27.7 Å². The van der Waals surface area contributed by atoms with Gasteiger partial charge in [0.1, 0.15) is 5.82 Å². The van der Waals surface area contributed by atoms with Crippen LogP contribution in [0.25, 0.3) is 0 Å². The summed E-state index contributed by atoms with van der Waals surface area (Å²) in [6.45, 7) is 1.45. The quantitative estimate of drug-likeness (QED) is 0.559. The lowest BCUT2D eigenvalue weighted by Gasteiger charge is -2.12. The van der Waals surface area contributed by atoms with Gasteiger partial charge in [0.25, 0.3) is 15.9 Å². The molecule has 0 radical (unpaired) electrons. The highest BCUT2D eigenvalue weighted by Gasteiger charge is 2.17. The van der Waals surface area contributed by atoms with Crippen molar-refractivity contribution in [1.82, 2.24) is 0 Å². The molecule has 30 heavy (non-hydrogen) atoms. The first-order chi connectivity index (χ1) is 14.2. The molecule has 0 saturated carbocycles. The number of rotatable bonds is 6. The zero-order chi connectivity index (χ0) is 21.9. The fraction of sp³-hybridized carbons (Fsp3) is 0.0476. The van der Waals surface area contributed by atoms with Crippen molar-refractivity contribution in [3.63, 3.8) is 0 Å². The fourth-order valence-electron chi connectivity index (χ4n) is 2.65. The molecule has 3 rings (SSSR count). The molecular weight excluding hydrogens is 409 g/mol. The molecule has 2 amide bonds.